The first-order chi connectivity index (χ1) is 9.79. The molecule has 20 heavy (non-hydrogen) atoms. The summed E-state index contributed by atoms with van der Waals surface area (Å²) >= 11 is 0. The first-order valence-corrected chi connectivity index (χ1v) is 7.73. The minimum Gasteiger partial charge on any atom is -0.378 e. The predicted molar refractivity (Wildman–Crippen MR) is 80.7 cm³/mol. The van der Waals surface area contributed by atoms with Crippen LogP contribution in [0.2, 0.25) is 0 Å². The number of carbonyl (C=O) groups is 1. The molecule has 110 valence electrons. The third-order valence-corrected chi connectivity index (χ3v) is 4.01. The molecule has 2 atom stereocenters. The molecule has 1 saturated heterocycles. The lowest BCUT2D eigenvalue weighted by molar-refractivity contribution is -0.121. The molecule has 0 aromatic heterocycles. The molecule has 1 fully saturated rings. The van der Waals surface area contributed by atoms with Crippen molar-refractivity contribution in [1.82, 2.24) is 5.32 Å². The summed E-state index contributed by atoms with van der Waals surface area (Å²) in [7, 11) is 0. The monoisotopic (exact) mass is 275 g/mol. The smallest absolute Gasteiger partial charge is 0.220 e. The van der Waals surface area contributed by atoms with E-state index in [1.165, 1.54) is 5.56 Å². The molecular formula is C17H25NO2. The van der Waals surface area contributed by atoms with Crippen molar-refractivity contribution >= 4 is 5.91 Å². The van der Waals surface area contributed by atoms with Crippen LogP contribution in [0, 0.1) is 0 Å². The Morgan fingerprint density at radius 3 is 2.85 bits per heavy atom. The molecule has 1 amide bonds. The van der Waals surface area contributed by atoms with E-state index in [2.05, 4.69) is 24.4 Å². The van der Waals surface area contributed by atoms with Crippen molar-refractivity contribution in [2.24, 2.45) is 0 Å². The van der Waals surface area contributed by atoms with E-state index in [4.69, 9.17) is 4.74 Å². The van der Waals surface area contributed by atoms with Crippen LogP contribution in [-0.2, 0) is 9.53 Å². The molecule has 0 aliphatic carbocycles. The van der Waals surface area contributed by atoms with Gasteiger partial charge in [0.05, 0.1) is 6.10 Å². The quantitative estimate of drug-likeness (QED) is 0.829. The Morgan fingerprint density at radius 2 is 2.20 bits per heavy atom. The maximum absolute atomic E-state index is 12.0. The molecule has 3 heteroatoms. The zero-order valence-electron chi connectivity index (χ0n) is 12.3. The van der Waals surface area contributed by atoms with Gasteiger partial charge >= 0.3 is 0 Å². The number of rotatable bonds is 7. The molecule has 1 aliphatic heterocycles. The summed E-state index contributed by atoms with van der Waals surface area (Å²) in [6.45, 7) is 3.75. The van der Waals surface area contributed by atoms with E-state index in [1.807, 2.05) is 18.2 Å². The highest BCUT2D eigenvalue weighted by atomic mass is 16.5. The van der Waals surface area contributed by atoms with E-state index in [0.29, 0.717) is 18.4 Å². The largest absolute Gasteiger partial charge is 0.378 e. The molecule has 1 aromatic carbocycles. The van der Waals surface area contributed by atoms with Gasteiger partial charge in [-0.1, -0.05) is 37.3 Å². The summed E-state index contributed by atoms with van der Waals surface area (Å²) in [5.74, 6) is 0.470. The van der Waals surface area contributed by atoms with E-state index in [0.717, 1.165) is 38.8 Å². The third-order valence-electron chi connectivity index (χ3n) is 4.01. The Kier molecular flexibility index (Phi) is 6.06. The van der Waals surface area contributed by atoms with E-state index in [9.17, 15) is 4.79 Å². The topological polar surface area (TPSA) is 38.3 Å². The van der Waals surface area contributed by atoms with Gasteiger partial charge in [-0.3, -0.25) is 4.79 Å². The van der Waals surface area contributed by atoms with Crippen molar-refractivity contribution in [2.45, 2.75) is 51.0 Å². The molecule has 0 bridgehead atoms. The average molecular weight is 275 g/mol. The van der Waals surface area contributed by atoms with Crippen LogP contribution < -0.4 is 5.32 Å². The molecule has 1 aliphatic rings. The average Bonchev–Trinajstić information content (AvgIpc) is 2.99. The van der Waals surface area contributed by atoms with Crippen molar-refractivity contribution in [3.05, 3.63) is 35.9 Å². The Hall–Kier alpha value is -1.35. The second kappa shape index (κ2) is 8.05. The number of amides is 1. The minimum atomic E-state index is 0.152. The summed E-state index contributed by atoms with van der Waals surface area (Å²) < 4.78 is 5.56. The maximum Gasteiger partial charge on any atom is 0.220 e. The number of benzene rings is 1. The van der Waals surface area contributed by atoms with Crippen molar-refractivity contribution in [1.29, 1.82) is 0 Å². The standard InChI is InChI=1S/C17H25NO2/c1-2-14(15-7-4-3-5-8-15)13-17(19)18-11-10-16-9-6-12-20-16/h3-5,7-8,14,16H,2,6,9-13H2,1H3,(H,18,19)/t14-,16+/m0/s1. The maximum atomic E-state index is 12.0. The summed E-state index contributed by atoms with van der Waals surface area (Å²) in [6, 6.07) is 10.3. The normalized spacial score (nSPS) is 19.8. The molecular weight excluding hydrogens is 250 g/mol. The molecule has 1 N–H and O–H groups in total. The first kappa shape index (κ1) is 15.0. The predicted octanol–water partition coefficient (Wildman–Crippen LogP) is 3.26. The lowest BCUT2D eigenvalue weighted by Crippen LogP contribution is -2.28. The van der Waals surface area contributed by atoms with Gasteiger partial charge in [-0.2, -0.15) is 0 Å². The molecule has 2 rings (SSSR count). The Labute approximate surface area is 121 Å². The van der Waals surface area contributed by atoms with Crippen LogP contribution in [-0.4, -0.2) is 25.2 Å². The molecule has 1 aromatic rings. The number of hydrogen-bond donors (Lipinski definition) is 1. The second-order valence-corrected chi connectivity index (χ2v) is 5.49. The van der Waals surface area contributed by atoms with Crippen molar-refractivity contribution in [2.75, 3.05) is 13.2 Å². The highest BCUT2D eigenvalue weighted by molar-refractivity contribution is 5.76. The lowest BCUT2D eigenvalue weighted by Gasteiger charge is -2.16. The number of carbonyl (C=O) groups excluding carboxylic acids is 1. The van der Waals surface area contributed by atoms with E-state index in [1.54, 1.807) is 0 Å². The van der Waals surface area contributed by atoms with E-state index in [-0.39, 0.29) is 5.91 Å². The van der Waals surface area contributed by atoms with Crippen LogP contribution >= 0.6 is 0 Å². The van der Waals surface area contributed by atoms with E-state index < -0.39 is 0 Å². The fourth-order valence-electron chi connectivity index (χ4n) is 2.76. The van der Waals surface area contributed by atoms with Crippen LogP contribution in [0.1, 0.15) is 50.5 Å². The van der Waals surface area contributed by atoms with Crippen molar-refractivity contribution in [3.8, 4) is 0 Å². The van der Waals surface area contributed by atoms with Gasteiger partial charge in [0, 0.05) is 19.6 Å². The second-order valence-electron chi connectivity index (χ2n) is 5.49. The molecule has 0 spiro atoms. The summed E-state index contributed by atoms with van der Waals surface area (Å²) in [4.78, 5) is 12.0. The molecule has 0 unspecified atom stereocenters. The highest BCUT2D eigenvalue weighted by Gasteiger charge is 2.17. The van der Waals surface area contributed by atoms with Gasteiger partial charge in [-0.15, -0.1) is 0 Å². The fourth-order valence-corrected chi connectivity index (χ4v) is 2.76. The summed E-state index contributed by atoms with van der Waals surface area (Å²) in [6.07, 6.45) is 5.15. The van der Waals surface area contributed by atoms with Crippen LogP contribution in [0.25, 0.3) is 0 Å². The first-order valence-electron chi connectivity index (χ1n) is 7.73. The SMILES string of the molecule is CC[C@@H](CC(=O)NCC[C@H]1CCCO1)c1ccccc1. The Bertz CT molecular complexity index is 399. The van der Waals surface area contributed by atoms with Crippen molar-refractivity contribution < 1.29 is 9.53 Å². The highest BCUT2D eigenvalue weighted by Crippen LogP contribution is 2.22. The van der Waals surface area contributed by atoms with Crippen LogP contribution in [0.4, 0.5) is 0 Å². The summed E-state index contributed by atoms with van der Waals surface area (Å²) in [5, 5.41) is 3.03. The number of hydrogen-bond acceptors (Lipinski definition) is 2. The number of nitrogens with one attached hydrogen (secondary N) is 1. The van der Waals surface area contributed by atoms with Gasteiger partial charge in [0.1, 0.15) is 0 Å². The van der Waals surface area contributed by atoms with Gasteiger partial charge in [-0.05, 0) is 37.2 Å². The van der Waals surface area contributed by atoms with Gasteiger partial charge in [0.15, 0.2) is 0 Å². The molecule has 0 radical (unpaired) electrons. The summed E-state index contributed by atoms with van der Waals surface area (Å²) in [5.41, 5.74) is 1.25. The Morgan fingerprint density at radius 1 is 1.40 bits per heavy atom. The van der Waals surface area contributed by atoms with Crippen LogP contribution in [0.5, 0.6) is 0 Å². The van der Waals surface area contributed by atoms with Gasteiger partial charge in [0.2, 0.25) is 5.91 Å². The van der Waals surface area contributed by atoms with E-state index >= 15 is 0 Å². The van der Waals surface area contributed by atoms with Gasteiger partial charge in [0.25, 0.3) is 0 Å². The fraction of sp³-hybridized carbons (Fsp3) is 0.588. The Balaban J connectivity index is 1.72. The lowest BCUT2D eigenvalue weighted by atomic mass is 9.93. The van der Waals surface area contributed by atoms with Crippen LogP contribution in [0.3, 0.4) is 0 Å². The van der Waals surface area contributed by atoms with Crippen molar-refractivity contribution in [3.63, 3.8) is 0 Å². The van der Waals surface area contributed by atoms with Crippen LogP contribution in [0.15, 0.2) is 30.3 Å². The minimum absolute atomic E-state index is 0.152. The third kappa shape index (κ3) is 4.64. The zero-order chi connectivity index (χ0) is 14.2. The number of ether oxygens (including phenoxy) is 1. The molecule has 3 nitrogen and oxygen atoms in total. The zero-order valence-corrected chi connectivity index (χ0v) is 12.3. The van der Waals surface area contributed by atoms with Gasteiger partial charge in [-0.25, -0.2) is 0 Å². The van der Waals surface area contributed by atoms with Gasteiger partial charge < -0.3 is 10.1 Å². The molecule has 1 heterocycles. The molecule has 0 saturated carbocycles.